The lowest BCUT2D eigenvalue weighted by Gasteiger charge is -2.11. The SMILES string of the molecule is CCOC(=O)/C=C/[C@H](Cc1ccc(-c2cc(Cl)cc(Cl)c2)cc1)NCl. The van der Waals surface area contributed by atoms with Crippen molar-refractivity contribution in [1.82, 2.24) is 4.84 Å². The van der Waals surface area contributed by atoms with Crippen LogP contribution in [0.25, 0.3) is 11.1 Å². The lowest BCUT2D eigenvalue weighted by atomic mass is 10.0. The van der Waals surface area contributed by atoms with Gasteiger partial charge in [-0.1, -0.05) is 53.5 Å². The fourth-order valence-corrected chi connectivity index (χ4v) is 3.01. The van der Waals surface area contributed by atoms with Crippen LogP contribution in [0.2, 0.25) is 10.0 Å². The van der Waals surface area contributed by atoms with Crippen LogP contribution in [-0.2, 0) is 16.0 Å². The number of carbonyl (C=O) groups is 1. The van der Waals surface area contributed by atoms with Crippen LogP contribution in [0.5, 0.6) is 0 Å². The molecular formula is C19H18Cl3NO2. The number of hydrogen-bond donors (Lipinski definition) is 1. The Morgan fingerprint density at radius 2 is 1.76 bits per heavy atom. The fraction of sp³-hybridized carbons (Fsp3) is 0.211. The predicted molar refractivity (Wildman–Crippen MR) is 104 cm³/mol. The molecule has 0 aliphatic carbocycles. The molecule has 0 aliphatic rings. The zero-order chi connectivity index (χ0) is 18.2. The molecule has 0 aliphatic heterocycles. The Labute approximate surface area is 162 Å². The number of rotatable bonds is 7. The van der Waals surface area contributed by atoms with E-state index in [4.69, 9.17) is 39.7 Å². The van der Waals surface area contributed by atoms with Gasteiger partial charge in [-0.05, 0) is 60.0 Å². The first-order valence-electron chi connectivity index (χ1n) is 7.78. The molecule has 0 heterocycles. The number of esters is 1. The van der Waals surface area contributed by atoms with Crippen LogP contribution < -0.4 is 4.84 Å². The van der Waals surface area contributed by atoms with E-state index in [2.05, 4.69) is 4.84 Å². The zero-order valence-corrected chi connectivity index (χ0v) is 15.9. The van der Waals surface area contributed by atoms with Gasteiger partial charge in [-0.15, -0.1) is 0 Å². The third-order valence-corrected chi connectivity index (χ3v) is 4.21. The van der Waals surface area contributed by atoms with E-state index in [9.17, 15) is 4.79 Å². The summed E-state index contributed by atoms with van der Waals surface area (Å²) >= 11 is 17.9. The molecule has 0 radical (unpaired) electrons. The average molecular weight is 399 g/mol. The molecule has 0 spiro atoms. The quantitative estimate of drug-likeness (QED) is 0.384. The summed E-state index contributed by atoms with van der Waals surface area (Å²) in [6.45, 7) is 2.11. The van der Waals surface area contributed by atoms with Gasteiger partial charge in [-0.2, -0.15) is 0 Å². The first kappa shape index (κ1) is 19.8. The van der Waals surface area contributed by atoms with Crippen molar-refractivity contribution in [3.8, 4) is 11.1 Å². The topological polar surface area (TPSA) is 38.3 Å². The van der Waals surface area contributed by atoms with Gasteiger partial charge in [0.05, 0.1) is 6.61 Å². The molecule has 0 amide bonds. The molecule has 2 aromatic carbocycles. The molecule has 0 unspecified atom stereocenters. The number of ether oxygens (including phenoxy) is 1. The minimum Gasteiger partial charge on any atom is -0.463 e. The van der Waals surface area contributed by atoms with E-state index in [0.29, 0.717) is 23.1 Å². The molecule has 132 valence electrons. The summed E-state index contributed by atoms with van der Waals surface area (Å²) in [5.41, 5.74) is 3.05. The van der Waals surface area contributed by atoms with Crippen molar-refractivity contribution in [3.63, 3.8) is 0 Å². The van der Waals surface area contributed by atoms with E-state index in [0.717, 1.165) is 16.7 Å². The summed E-state index contributed by atoms with van der Waals surface area (Å²) in [5.74, 6) is -0.382. The van der Waals surface area contributed by atoms with Crippen molar-refractivity contribution >= 4 is 40.9 Å². The third kappa shape index (κ3) is 6.37. The highest BCUT2D eigenvalue weighted by molar-refractivity contribution is 6.35. The van der Waals surface area contributed by atoms with Crippen molar-refractivity contribution in [2.24, 2.45) is 0 Å². The van der Waals surface area contributed by atoms with Gasteiger partial charge in [0, 0.05) is 22.2 Å². The molecule has 3 nitrogen and oxygen atoms in total. The first-order chi connectivity index (χ1) is 12.0. The van der Waals surface area contributed by atoms with Crippen molar-refractivity contribution in [2.75, 3.05) is 6.61 Å². The highest BCUT2D eigenvalue weighted by Gasteiger charge is 2.07. The summed E-state index contributed by atoms with van der Waals surface area (Å²) in [4.78, 5) is 14.0. The number of nitrogens with one attached hydrogen (secondary N) is 1. The maximum absolute atomic E-state index is 11.4. The monoisotopic (exact) mass is 397 g/mol. The lowest BCUT2D eigenvalue weighted by molar-refractivity contribution is -0.137. The molecule has 0 aromatic heterocycles. The van der Waals surface area contributed by atoms with Crippen LogP contribution >= 0.6 is 35.0 Å². The maximum Gasteiger partial charge on any atom is 0.330 e. The highest BCUT2D eigenvalue weighted by atomic mass is 35.5. The van der Waals surface area contributed by atoms with E-state index in [1.54, 1.807) is 19.1 Å². The summed E-state index contributed by atoms with van der Waals surface area (Å²) in [6.07, 6.45) is 3.71. The Balaban J connectivity index is 2.07. The standard InChI is InChI=1S/C19H18Cl3NO2/c1-2-25-19(24)8-7-18(23-22)9-13-3-5-14(6-4-13)15-10-16(20)12-17(21)11-15/h3-8,10-12,18,23H,2,9H2,1H3/b8-7+/t18-/m1/s1. The Hall–Kier alpha value is -1.52. The van der Waals surface area contributed by atoms with Crippen LogP contribution in [0, 0.1) is 0 Å². The number of benzene rings is 2. The Morgan fingerprint density at radius 3 is 2.32 bits per heavy atom. The van der Waals surface area contributed by atoms with Crippen LogP contribution in [0.1, 0.15) is 12.5 Å². The number of hydrogen-bond acceptors (Lipinski definition) is 3. The predicted octanol–water partition coefficient (Wildman–Crippen LogP) is 5.43. The largest absolute Gasteiger partial charge is 0.463 e. The van der Waals surface area contributed by atoms with Crippen LogP contribution in [0.15, 0.2) is 54.6 Å². The van der Waals surface area contributed by atoms with Gasteiger partial charge in [0.25, 0.3) is 0 Å². The van der Waals surface area contributed by atoms with Gasteiger partial charge >= 0.3 is 5.97 Å². The van der Waals surface area contributed by atoms with Crippen LogP contribution in [-0.4, -0.2) is 18.6 Å². The molecular weight excluding hydrogens is 381 g/mol. The molecule has 2 aromatic rings. The second-order valence-electron chi connectivity index (χ2n) is 5.39. The maximum atomic E-state index is 11.4. The number of carbonyl (C=O) groups excluding carboxylic acids is 1. The minimum absolute atomic E-state index is 0.183. The summed E-state index contributed by atoms with van der Waals surface area (Å²) in [7, 11) is 0. The van der Waals surface area contributed by atoms with E-state index < -0.39 is 0 Å². The zero-order valence-electron chi connectivity index (χ0n) is 13.6. The van der Waals surface area contributed by atoms with Gasteiger partial charge in [-0.25, -0.2) is 9.63 Å². The minimum atomic E-state index is -0.382. The Kier molecular flexibility index (Phi) is 7.79. The van der Waals surface area contributed by atoms with Gasteiger partial charge < -0.3 is 4.74 Å². The van der Waals surface area contributed by atoms with Crippen molar-refractivity contribution in [1.29, 1.82) is 0 Å². The summed E-state index contributed by atoms with van der Waals surface area (Å²) in [6, 6.07) is 13.3. The molecule has 1 N–H and O–H groups in total. The summed E-state index contributed by atoms with van der Waals surface area (Å²) in [5, 5.41) is 1.20. The second kappa shape index (κ2) is 9.83. The van der Waals surface area contributed by atoms with Gasteiger partial charge in [-0.3, -0.25) is 0 Å². The van der Waals surface area contributed by atoms with Gasteiger partial charge in [0.1, 0.15) is 0 Å². The van der Waals surface area contributed by atoms with Gasteiger partial charge in [0.15, 0.2) is 0 Å². The summed E-state index contributed by atoms with van der Waals surface area (Å²) < 4.78 is 4.85. The first-order valence-corrected chi connectivity index (χ1v) is 8.91. The van der Waals surface area contributed by atoms with Gasteiger partial charge in [0.2, 0.25) is 0 Å². The Morgan fingerprint density at radius 1 is 1.12 bits per heavy atom. The van der Waals surface area contributed by atoms with E-state index >= 15 is 0 Å². The third-order valence-electron chi connectivity index (χ3n) is 3.50. The molecule has 0 saturated heterocycles. The van der Waals surface area contributed by atoms with E-state index in [-0.39, 0.29) is 12.0 Å². The average Bonchev–Trinajstić information content (AvgIpc) is 2.58. The molecule has 6 heteroatoms. The molecule has 2 rings (SSSR count). The molecule has 0 bridgehead atoms. The molecule has 0 saturated carbocycles. The lowest BCUT2D eigenvalue weighted by Crippen LogP contribution is -2.21. The van der Waals surface area contributed by atoms with Crippen molar-refractivity contribution < 1.29 is 9.53 Å². The number of halogens is 3. The highest BCUT2D eigenvalue weighted by Crippen LogP contribution is 2.27. The smallest absolute Gasteiger partial charge is 0.330 e. The van der Waals surface area contributed by atoms with E-state index in [1.807, 2.05) is 36.4 Å². The Bertz CT molecular complexity index is 725. The van der Waals surface area contributed by atoms with Crippen LogP contribution in [0.3, 0.4) is 0 Å². The fourth-order valence-electron chi connectivity index (χ4n) is 2.34. The molecule has 25 heavy (non-hydrogen) atoms. The van der Waals surface area contributed by atoms with Crippen molar-refractivity contribution in [3.05, 3.63) is 70.2 Å². The molecule has 1 atom stereocenters. The molecule has 0 fully saturated rings. The second-order valence-corrected chi connectivity index (χ2v) is 6.48. The normalized spacial score (nSPS) is 12.3. The van der Waals surface area contributed by atoms with Crippen LogP contribution in [0.4, 0.5) is 0 Å². The van der Waals surface area contributed by atoms with E-state index in [1.165, 1.54) is 6.08 Å². The van der Waals surface area contributed by atoms with Crippen molar-refractivity contribution in [2.45, 2.75) is 19.4 Å².